The monoisotopic (exact) mass is 627 g/mol. The molecule has 0 unspecified atom stereocenters. The molecule has 0 atom stereocenters. The van der Waals surface area contributed by atoms with Gasteiger partial charge in [0.2, 0.25) is 5.78 Å². The van der Waals surface area contributed by atoms with Crippen LogP contribution in [0.2, 0.25) is 0 Å². The second-order valence-corrected chi connectivity index (χ2v) is 13.6. The Bertz CT molecular complexity index is 3250. The SMILES string of the molecule is Cc1cc(C)c2c(c1)-n1c3c(c4oc5ccccc5c4c4c5c(cc(c43)n3c4ccccc4nc13)oc1ccccc15)B2c1ccccc1. The molecule has 0 spiro atoms. The van der Waals surface area contributed by atoms with Crippen molar-refractivity contribution < 1.29 is 8.83 Å². The van der Waals surface area contributed by atoms with Gasteiger partial charge < -0.3 is 8.83 Å². The molecule has 0 bridgehead atoms. The van der Waals surface area contributed by atoms with Gasteiger partial charge in [0.15, 0.2) is 0 Å². The fraction of sp³-hybridized carbons (Fsp3) is 0.0465. The molecule has 0 saturated carbocycles. The summed E-state index contributed by atoms with van der Waals surface area (Å²) in [7, 11) is 0. The molecule has 4 aromatic heterocycles. The van der Waals surface area contributed by atoms with Crippen molar-refractivity contribution in [1.82, 2.24) is 14.0 Å². The number of imidazole rings is 1. The molecule has 5 nitrogen and oxygen atoms in total. The Morgan fingerprint density at radius 1 is 0.592 bits per heavy atom. The summed E-state index contributed by atoms with van der Waals surface area (Å²) in [5.74, 6) is 0.875. The molecule has 1 aliphatic rings. The Hall–Kier alpha value is -6.27. The van der Waals surface area contributed by atoms with Crippen LogP contribution in [0.25, 0.3) is 88.2 Å². The average Bonchev–Trinajstić information content (AvgIpc) is 3.82. The van der Waals surface area contributed by atoms with E-state index >= 15 is 0 Å². The number of benzene rings is 7. The summed E-state index contributed by atoms with van der Waals surface area (Å²) in [4.78, 5) is 5.40. The normalized spacial score (nSPS) is 13.1. The quantitative estimate of drug-likeness (QED) is 0.171. The number of nitrogens with zero attached hydrogens (tertiary/aromatic N) is 3. The highest BCUT2D eigenvalue weighted by molar-refractivity contribution is 6.99. The van der Waals surface area contributed by atoms with Crippen LogP contribution in [-0.2, 0) is 0 Å². The Kier molecular flexibility index (Phi) is 4.63. The summed E-state index contributed by atoms with van der Waals surface area (Å²) in [6.45, 7) is 4.39. The van der Waals surface area contributed by atoms with Crippen molar-refractivity contribution in [3.05, 3.63) is 132 Å². The lowest BCUT2D eigenvalue weighted by Gasteiger charge is -2.32. The predicted molar refractivity (Wildman–Crippen MR) is 202 cm³/mol. The Morgan fingerprint density at radius 3 is 2.14 bits per heavy atom. The lowest BCUT2D eigenvalue weighted by molar-refractivity contribution is 0.669. The van der Waals surface area contributed by atoms with Gasteiger partial charge in [-0.15, -0.1) is 0 Å². The number of hydrogen-bond donors (Lipinski definition) is 0. The molecule has 1 aliphatic heterocycles. The average molecular weight is 628 g/mol. The van der Waals surface area contributed by atoms with Crippen LogP contribution in [0.4, 0.5) is 0 Å². The molecule has 7 aromatic carbocycles. The second-order valence-electron chi connectivity index (χ2n) is 13.6. The first-order chi connectivity index (χ1) is 24.2. The first-order valence-electron chi connectivity index (χ1n) is 16.8. The minimum atomic E-state index is -0.0592. The van der Waals surface area contributed by atoms with E-state index in [0.29, 0.717) is 0 Å². The van der Waals surface area contributed by atoms with E-state index in [2.05, 4.69) is 138 Å². The van der Waals surface area contributed by atoms with Crippen molar-refractivity contribution >= 4 is 106 Å². The molecular formula is C43H26BN3O2. The van der Waals surface area contributed by atoms with Gasteiger partial charge in [-0.1, -0.05) is 96.0 Å². The summed E-state index contributed by atoms with van der Waals surface area (Å²) in [5, 5.41) is 6.80. The van der Waals surface area contributed by atoms with Crippen LogP contribution in [0, 0.1) is 13.8 Å². The Balaban J connectivity index is 1.50. The molecule has 0 N–H and O–H groups in total. The summed E-state index contributed by atoms with van der Waals surface area (Å²) in [5.41, 5.74) is 15.1. The fourth-order valence-electron chi connectivity index (χ4n) is 9.13. The second kappa shape index (κ2) is 8.80. The smallest absolute Gasteiger partial charge is 0.252 e. The molecule has 0 saturated heterocycles. The predicted octanol–water partition coefficient (Wildman–Crippen LogP) is 8.83. The van der Waals surface area contributed by atoms with Gasteiger partial charge in [0.05, 0.1) is 22.1 Å². The first kappa shape index (κ1) is 25.8. The number of aryl methyl sites for hydroxylation is 2. The molecule has 0 aliphatic carbocycles. The molecule has 49 heavy (non-hydrogen) atoms. The number of fused-ring (bicyclic) bond motifs is 16. The van der Waals surface area contributed by atoms with Crippen LogP contribution in [0.15, 0.2) is 130 Å². The summed E-state index contributed by atoms with van der Waals surface area (Å²) in [6, 6.07) is 43.2. The standard InChI is InChI=1S/C43H26BN3O2/c1-23-20-24(2)39-31(21-23)47-41-37-30(46-29-17-9-8-16-28(29)45-43(46)47)22-34-35(26-14-6-10-18-32(26)48-34)38(37)36-27-15-7-11-19-33(27)49-42(36)40(41)44(39)25-12-4-3-5-13-25/h3-22H,1-2H3. The molecule has 12 rings (SSSR count). The number of rotatable bonds is 1. The maximum Gasteiger partial charge on any atom is 0.252 e. The van der Waals surface area contributed by atoms with Crippen LogP contribution in [0.3, 0.4) is 0 Å². The maximum atomic E-state index is 7.10. The first-order valence-corrected chi connectivity index (χ1v) is 16.8. The lowest BCUT2D eigenvalue weighted by atomic mass is 9.34. The van der Waals surface area contributed by atoms with Crippen LogP contribution in [-0.4, -0.2) is 20.7 Å². The lowest BCUT2D eigenvalue weighted by Crippen LogP contribution is -2.57. The third-order valence-electron chi connectivity index (χ3n) is 10.9. The van der Waals surface area contributed by atoms with Gasteiger partial charge >= 0.3 is 0 Å². The van der Waals surface area contributed by atoms with Gasteiger partial charge in [-0.25, -0.2) is 4.98 Å². The minimum Gasteiger partial charge on any atom is -0.456 e. The number of para-hydroxylation sites is 4. The van der Waals surface area contributed by atoms with Crippen molar-refractivity contribution in [3.8, 4) is 5.69 Å². The van der Waals surface area contributed by atoms with Gasteiger partial charge in [-0.05, 0) is 60.7 Å². The molecule has 0 fully saturated rings. The van der Waals surface area contributed by atoms with Crippen molar-refractivity contribution in [2.24, 2.45) is 0 Å². The fourth-order valence-corrected chi connectivity index (χ4v) is 9.13. The Labute approximate surface area is 279 Å². The maximum absolute atomic E-state index is 7.10. The van der Waals surface area contributed by atoms with Crippen molar-refractivity contribution in [2.45, 2.75) is 13.8 Å². The van der Waals surface area contributed by atoms with E-state index in [1.165, 1.54) is 32.9 Å². The van der Waals surface area contributed by atoms with Crippen molar-refractivity contribution in [3.63, 3.8) is 0 Å². The van der Waals surface area contributed by atoms with E-state index < -0.39 is 0 Å². The van der Waals surface area contributed by atoms with Crippen molar-refractivity contribution in [2.75, 3.05) is 0 Å². The number of furan rings is 2. The molecule has 6 heteroatoms. The number of hydrogen-bond acceptors (Lipinski definition) is 3. The van der Waals surface area contributed by atoms with Crippen LogP contribution >= 0.6 is 0 Å². The zero-order valence-corrected chi connectivity index (χ0v) is 26.8. The number of aromatic nitrogens is 3. The molecule has 5 heterocycles. The molecule has 228 valence electrons. The van der Waals surface area contributed by atoms with E-state index in [1.54, 1.807) is 0 Å². The largest absolute Gasteiger partial charge is 0.456 e. The zero-order valence-electron chi connectivity index (χ0n) is 26.8. The highest BCUT2D eigenvalue weighted by atomic mass is 16.3. The van der Waals surface area contributed by atoms with Gasteiger partial charge in [-0.3, -0.25) is 8.97 Å². The van der Waals surface area contributed by atoms with Crippen LogP contribution in [0.1, 0.15) is 11.1 Å². The highest BCUT2D eigenvalue weighted by Gasteiger charge is 2.39. The van der Waals surface area contributed by atoms with E-state index in [-0.39, 0.29) is 6.71 Å². The molecule has 11 aromatic rings. The summed E-state index contributed by atoms with van der Waals surface area (Å²) in [6.07, 6.45) is 0. The summed E-state index contributed by atoms with van der Waals surface area (Å²) >= 11 is 0. The van der Waals surface area contributed by atoms with E-state index in [1.807, 2.05) is 6.07 Å². The van der Waals surface area contributed by atoms with Crippen LogP contribution < -0.4 is 16.4 Å². The topological polar surface area (TPSA) is 48.5 Å². The summed E-state index contributed by atoms with van der Waals surface area (Å²) < 4.78 is 18.6. The minimum absolute atomic E-state index is 0.0592. The third kappa shape index (κ3) is 3.06. The zero-order chi connectivity index (χ0) is 32.1. The van der Waals surface area contributed by atoms with E-state index in [0.717, 1.165) is 82.8 Å². The third-order valence-corrected chi connectivity index (χ3v) is 10.9. The van der Waals surface area contributed by atoms with Crippen molar-refractivity contribution in [1.29, 1.82) is 0 Å². The van der Waals surface area contributed by atoms with Crippen LogP contribution in [0.5, 0.6) is 0 Å². The van der Waals surface area contributed by atoms with E-state index in [4.69, 9.17) is 13.8 Å². The highest BCUT2D eigenvalue weighted by Crippen LogP contribution is 2.47. The Morgan fingerprint density at radius 2 is 1.31 bits per heavy atom. The van der Waals surface area contributed by atoms with E-state index in [9.17, 15) is 0 Å². The van der Waals surface area contributed by atoms with Gasteiger partial charge in [-0.2, -0.15) is 0 Å². The molecular weight excluding hydrogens is 601 g/mol. The molecule has 0 radical (unpaired) electrons. The van der Waals surface area contributed by atoms with Gasteiger partial charge in [0, 0.05) is 44.1 Å². The van der Waals surface area contributed by atoms with Gasteiger partial charge in [0.25, 0.3) is 6.71 Å². The van der Waals surface area contributed by atoms with Gasteiger partial charge in [0.1, 0.15) is 22.3 Å². The molecule has 0 amide bonds.